The zero-order chi connectivity index (χ0) is 13.8. The molecule has 1 rings (SSSR count). The first-order chi connectivity index (χ1) is 8.31. The van der Waals surface area contributed by atoms with Crippen LogP contribution in [0.5, 0.6) is 0 Å². The molecule has 0 spiro atoms. The van der Waals surface area contributed by atoms with Crippen LogP contribution >= 0.6 is 0 Å². The first kappa shape index (κ1) is 15.4. The first-order valence-electron chi connectivity index (χ1n) is 6.92. The highest BCUT2D eigenvalue weighted by molar-refractivity contribution is 5.73. The second-order valence-electron chi connectivity index (χ2n) is 6.16. The van der Waals surface area contributed by atoms with Crippen molar-refractivity contribution in [3.05, 3.63) is 0 Å². The molecule has 0 aromatic heterocycles. The summed E-state index contributed by atoms with van der Waals surface area (Å²) in [6, 6.07) is 0. The Balaban J connectivity index is 2.20. The minimum atomic E-state index is -0.698. The van der Waals surface area contributed by atoms with E-state index in [1.54, 1.807) is 13.8 Å². The van der Waals surface area contributed by atoms with Crippen LogP contribution < -0.4 is 0 Å². The normalized spacial score (nSPS) is 26.2. The molecule has 1 fully saturated rings. The lowest BCUT2D eigenvalue weighted by molar-refractivity contribution is -0.147. The third-order valence-electron chi connectivity index (χ3n) is 3.60. The molecule has 0 radical (unpaired) electrons. The zero-order valence-corrected chi connectivity index (χ0v) is 12.1. The lowest BCUT2D eigenvalue weighted by Gasteiger charge is -2.35. The van der Waals surface area contributed by atoms with Gasteiger partial charge in [0.15, 0.2) is 0 Å². The van der Waals surface area contributed by atoms with Gasteiger partial charge in [-0.25, -0.2) is 0 Å². The van der Waals surface area contributed by atoms with E-state index >= 15 is 0 Å². The van der Waals surface area contributed by atoms with E-state index in [0.717, 1.165) is 38.9 Å². The molecule has 0 aliphatic carbocycles. The number of carboxylic acids is 1. The van der Waals surface area contributed by atoms with E-state index in [9.17, 15) is 4.79 Å². The lowest BCUT2D eigenvalue weighted by Crippen LogP contribution is -2.45. The van der Waals surface area contributed by atoms with Crippen molar-refractivity contribution in [2.75, 3.05) is 19.6 Å². The Hall–Kier alpha value is -0.610. The van der Waals surface area contributed by atoms with E-state index in [-0.39, 0.29) is 0 Å². The van der Waals surface area contributed by atoms with Gasteiger partial charge >= 0.3 is 5.97 Å². The zero-order valence-electron chi connectivity index (χ0n) is 12.1. The Kier molecular flexibility index (Phi) is 5.60. The molecule has 1 N–H and O–H groups in total. The quantitative estimate of drug-likeness (QED) is 0.742. The van der Waals surface area contributed by atoms with Crippen molar-refractivity contribution in [2.45, 2.75) is 59.2 Å². The standard InChI is InChI=1S/C14H27NO3/c1-11-9-15(10-12(2)18-11)8-6-5-7-14(3,4)13(16)17/h11-12H,5-10H2,1-4H3,(H,16,17)/t11-,12+. The lowest BCUT2D eigenvalue weighted by atomic mass is 9.87. The molecule has 18 heavy (non-hydrogen) atoms. The van der Waals surface area contributed by atoms with Crippen LogP contribution in [0, 0.1) is 5.41 Å². The molecule has 1 saturated heterocycles. The fraction of sp³-hybridized carbons (Fsp3) is 0.929. The summed E-state index contributed by atoms with van der Waals surface area (Å²) in [4.78, 5) is 13.4. The molecule has 0 aromatic rings. The number of hydrogen-bond donors (Lipinski definition) is 1. The van der Waals surface area contributed by atoms with Gasteiger partial charge < -0.3 is 9.84 Å². The van der Waals surface area contributed by atoms with E-state index in [1.165, 1.54) is 0 Å². The van der Waals surface area contributed by atoms with E-state index in [0.29, 0.717) is 12.2 Å². The summed E-state index contributed by atoms with van der Waals surface area (Å²) in [6.07, 6.45) is 3.40. The monoisotopic (exact) mass is 257 g/mol. The van der Waals surface area contributed by atoms with Gasteiger partial charge in [0.1, 0.15) is 0 Å². The third kappa shape index (κ3) is 4.94. The number of aliphatic carboxylic acids is 1. The number of nitrogens with zero attached hydrogens (tertiary/aromatic N) is 1. The average Bonchev–Trinajstić information content (AvgIpc) is 2.23. The molecule has 1 heterocycles. The Morgan fingerprint density at radius 2 is 1.83 bits per heavy atom. The van der Waals surface area contributed by atoms with Gasteiger partial charge in [0.25, 0.3) is 0 Å². The summed E-state index contributed by atoms with van der Waals surface area (Å²) in [7, 11) is 0. The van der Waals surface area contributed by atoms with Crippen molar-refractivity contribution in [3.8, 4) is 0 Å². The Bertz CT molecular complexity index is 268. The molecule has 106 valence electrons. The van der Waals surface area contributed by atoms with Gasteiger partial charge in [-0.1, -0.05) is 6.42 Å². The smallest absolute Gasteiger partial charge is 0.309 e. The molecule has 0 unspecified atom stereocenters. The van der Waals surface area contributed by atoms with Crippen LogP contribution in [-0.4, -0.2) is 47.8 Å². The second-order valence-corrected chi connectivity index (χ2v) is 6.16. The van der Waals surface area contributed by atoms with Gasteiger partial charge in [-0.15, -0.1) is 0 Å². The number of carbonyl (C=O) groups is 1. The van der Waals surface area contributed by atoms with Gasteiger partial charge in [0.05, 0.1) is 17.6 Å². The summed E-state index contributed by atoms with van der Waals surface area (Å²) < 4.78 is 5.69. The molecule has 0 bridgehead atoms. The second kappa shape index (κ2) is 6.53. The minimum absolute atomic E-state index is 0.309. The maximum atomic E-state index is 11.0. The maximum Gasteiger partial charge on any atom is 0.309 e. The highest BCUT2D eigenvalue weighted by atomic mass is 16.5. The largest absolute Gasteiger partial charge is 0.481 e. The number of unbranched alkanes of at least 4 members (excludes halogenated alkanes) is 1. The molecule has 0 amide bonds. The highest BCUT2D eigenvalue weighted by Gasteiger charge is 2.26. The highest BCUT2D eigenvalue weighted by Crippen LogP contribution is 2.23. The van der Waals surface area contributed by atoms with Crippen LogP contribution in [0.25, 0.3) is 0 Å². The van der Waals surface area contributed by atoms with E-state index in [4.69, 9.17) is 9.84 Å². The first-order valence-corrected chi connectivity index (χ1v) is 6.92. The van der Waals surface area contributed by atoms with Crippen LogP contribution in [0.4, 0.5) is 0 Å². The summed E-state index contributed by atoms with van der Waals surface area (Å²) in [6.45, 7) is 10.8. The Morgan fingerprint density at radius 3 is 2.33 bits per heavy atom. The number of morpholine rings is 1. The van der Waals surface area contributed by atoms with Crippen molar-refractivity contribution in [1.29, 1.82) is 0 Å². The Labute approximate surface area is 110 Å². The van der Waals surface area contributed by atoms with Gasteiger partial charge in [0.2, 0.25) is 0 Å². The molecule has 2 atom stereocenters. The van der Waals surface area contributed by atoms with Gasteiger partial charge in [-0.3, -0.25) is 9.69 Å². The van der Waals surface area contributed by atoms with E-state index in [1.807, 2.05) is 0 Å². The number of rotatable bonds is 6. The van der Waals surface area contributed by atoms with Gasteiger partial charge in [-0.2, -0.15) is 0 Å². The molecule has 0 saturated carbocycles. The predicted octanol–water partition coefficient (Wildman–Crippen LogP) is 2.38. The van der Waals surface area contributed by atoms with Crippen LogP contribution in [0.15, 0.2) is 0 Å². The maximum absolute atomic E-state index is 11.0. The number of hydrogen-bond acceptors (Lipinski definition) is 3. The van der Waals surface area contributed by atoms with E-state index < -0.39 is 11.4 Å². The van der Waals surface area contributed by atoms with Crippen LogP contribution in [0.3, 0.4) is 0 Å². The van der Waals surface area contributed by atoms with Crippen molar-refractivity contribution >= 4 is 5.97 Å². The van der Waals surface area contributed by atoms with E-state index in [2.05, 4.69) is 18.7 Å². The van der Waals surface area contributed by atoms with Gasteiger partial charge in [-0.05, 0) is 47.1 Å². The average molecular weight is 257 g/mol. The summed E-state index contributed by atoms with van der Waals surface area (Å²) >= 11 is 0. The molecule has 0 aromatic carbocycles. The molecular formula is C14H27NO3. The predicted molar refractivity (Wildman–Crippen MR) is 71.7 cm³/mol. The van der Waals surface area contributed by atoms with Crippen LogP contribution in [0.1, 0.15) is 47.0 Å². The SMILES string of the molecule is C[C@@H]1CN(CCCCC(C)(C)C(=O)O)C[C@H](C)O1. The van der Waals surface area contributed by atoms with Crippen molar-refractivity contribution in [3.63, 3.8) is 0 Å². The van der Waals surface area contributed by atoms with Crippen molar-refractivity contribution < 1.29 is 14.6 Å². The molecule has 4 heteroatoms. The number of ether oxygens (including phenoxy) is 1. The minimum Gasteiger partial charge on any atom is -0.481 e. The van der Waals surface area contributed by atoms with Crippen molar-refractivity contribution in [1.82, 2.24) is 4.90 Å². The fourth-order valence-electron chi connectivity index (χ4n) is 2.48. The topological polar surface area (TPSA) is 49.8 Å². The van der Waals surface area contributed by atoms with Crippen LogP contribution in [0.2, 0.25) is 0 Å². The summed E-state index contributed by atoms with van der Waals surface area (Å²) in [5, 5.41) is 9.03. The Morgan fingerprint density at radius 1 is 1.28 bits per heavy atom. The summed E-state index contributed by atoms with van der Waals surface area (Å²) in [5.74, 6) is -0.698. The van der Waals surface area contributed by atoms with Crippen LogP contribution in [-0.2, 0) is 9.53 Å². The van der Waals surface area contributed by atoms with Crippen molar-refractivity contribution in [2.24, 2.45) is 5.41 Å². The molecule has 1 aliphatic rings. The third-order valence-corrected chi connectivity index (χ3v) is 3.60. The summed E-state index contributed by atoms with van der Waals surface area (Å²) in [5.41, 5.74) is -0.592. The molecular weight excluding hydrogens is 230 g/mol. The number of carboxylic acid groups (broad SMARTS) is 1. The molecule has 4 nitrogen and oxygen atoms in total. The van der Waals surface area contributed by atoms with Gasteiger partial charge in [0, 0.05) is 13.1 Å². The fourth-order valence-corrected chi connectivity index (χ4v) is 2.48. The molecule has 1 aliphatic heterocycles.